The molecule has 1 saturated heterocycles. The number of allylic oxidation sites excluding steroid dienone is 1. The lowest BCUT2D eigenvalue weighted by molar-refractivity contribution is -0.111. The molecular weight excluding hydrogens is 415 g/mol. The Balaban J connectivity index is 1.89. The molecule has 1 aliphatic rings. The fraction of sp³-hybridized carbons (Fsp3) is 0.400. The quantitative estimate of drug-likeness (QED) is 0.663. The first-order chi connectivity index (χ1) is 13.9. The van der Waals surface area contributed by atoms with Gasteiger partial charge in [0.25, 0.3) is 5.91 Å². The molecule has 1 aromatic heterocycles. The van der Waals surface area contributed by atoms with E-state index in [0.717, 1.165) is 30.4 Å². The van der Waals surface area contributed by atoms with E-state index in [2.05, 4.69) is 10.3 Å². The molecule has 0 spiro atoms. The van der Waals surface area contributed by atoms with E-state index >= 15 is 0 Å². The van der Waals surface area contributed by atoms with Gasteiger partial charge in [0.2, 0.25) is 0 Å². The number of amides is 1. The number of nitrogens with one attached hydrogen (secondary N) is 1. The van der Waals surface area contributed by atoms with Gasteiger partial charge in [-0.05, 0) is 42.9 Å². The molecule has 1 N–H and O–H groups in total. The summed E-state index contributed by atoms with van der Waals surface area (Å²) < 4.78 is 43.1. The molecule has 0 radical (unpaired) electrons. The van der Waals surface area contributed by atoms with Crippen molar-refractivity contribution in [3.8, 4) is 0 Å². The zero-order valence-electron chi connectivity index (χ0n) is 16.1. The largest absolute Gasteiger partial charge is 0.381 e. The van der Waals surface area contributed by atoms with Crippen LogP contribution in [0.2, 0.25) is 0 Å². The molecule has 2 heterocycles. The van der Waals surface area contributed by atoms with Crippen LogP contribution in [-0.2, 0) is 19.4 Å². The van der Waals surface area contributed by atoms with Gasteiger partial charge in [-0.1, -0.05) is 36.5 Å². The average molecular weight is 439 g/mol. The van der Waals surface area contributed by atoms with E-state index in [1.165, 1.54) is 12.1 Å². The maximum absolute atomic E-state index is 13.2. The van der Waals surface area contributed by atoms with Gasteiger partial charge in [0.15, 0.2) is 20.1 Å². The Morgan fingerprint density at radius 2 is 2.00 bits per heavy atom. The lowest BCUT2D eigenvalue weighted by atomic mass is 9.94. The zero-order valence-corrected chi connectivity index (χ0v) is 17.7. The number of anilines is 1. The van der Waals surface area contributed by atoms with E-state index in [1.807, 2.05) is 13.0 Å². The fourth-order valence-electron chi connectivity index (χ4n) is 3.13. The number of carbonyl (C=O) groups is 1. The topological polar surface area (TPSA) is 85.4 Å². The van der Waals surface area contributed by atoms with Crippen molar-refractivity contribution in [1.29, 1.82) is 0 Å². The average Bonchev–Trinajstić information content (AvgIpc) is 3.11. The van der Waals surface area contributed by atoms with Crippen molar-refractivity contribution in [1.82, 2.24) is 4.98 Å². The van der Waals surface area contributed by atoms with Crippen molar-refractivity contribution >= 4 is 37.8 Å². The number of nitrogens with zero attached hydrogens (tertiary/aromatic N) is 1. The van der Waals surface area contributed by atoms with Gasteiger partial charge in [0.1, 0.15) is 0 Å². The molecule has 1 aliphatic heterocycles. The number of sulfone groups is 1. The minimum atomic E-state index is -3.33. The third kappa shape index (κ3) is 5.71. The van der Waals surface area contributed by atoms with Gasteiger partial charge in [-0.2, -0.15) is 4.39 Å². The van der Waals surface area contributed by atoms with Gasteiger partial charge in [-0.15, -0.1) is 0 Å². The Morgan fingerprint density at radius 3 is 2.59 bits per heavy atom. The molecule has 29 heavy (non-hydrogen) atoms. The lowest BCUT2D eigenvalue weighted by Crippen LogP contribution is -2.18. The first kappa shape index (κ1) is 21.6. The maximum Gasteiger partial charge on any atom is 0.257 e. The third-order valence-corrected chi connectivity index (χ3v) is 7.25. The van der Waals surface area contributed by atoms with Crippen molar-refractivity contribution in [2.45, 2.75) is 31.1 Å². The van der Waals surface area contributed by atoms with Gasteiger partial charge in [-0.3, -0.25) is 10.1 Å². The second kappa shape index (κ2) is 9.60. The second-order valence-electron chi connectivity index (χ2n) is 6.80. The number of carbonyl (C=O) groups excluding carboxylic acids is 1. The van der Waals surface area contributed by atoms with Crippen LogP contribution in [-0.4, -0.2) is 38.3 Å². The molecule has 3 rings (SSSR count). The predicted molar refractivity (Wildman–Crippen MR) is 111 cm³/mol. The van der Waals surface area contributed by atoms with Crippen LogP contribution in [0.15, 0.2) is 41.4 Å². The van der Waals surface area contributed by atoms with Crippen LogP contribution < -0.4 is 5.32 Å². The standard InChI is InChI=1S/C20H23FN2O4S2/c1-2-11-29(25,26)16-5-3-15(4-6-16)17(12-14-7-9-27-10-8-14)19(24)23-20-22-13-18(21)28-20/h3-6,12-14H,2,7-11H2,1H3,(H,22,23,24). The predicted octanol–water partition coefficient (Wildman–Crippen LogP) is 3.91. The number of aromatic nitrogens is 1. The normalized spacial score (nSPS) is 16.0. The van der Waals surface area contributed by atoms with E-state index < -0.39 is 20.9 Å². The summed E-state index contributed by atoms with van der Waals surface area (Å²) in [5.74, 6) is -0.163. The Labute approximate surface area is 173 Å². The van der Waals surface area contributed by atoms with Crippen LogP contribution >= 0.6 is 11.3 Å². The molecule has 1 fully saturated rings. The monoisotopic (exact) mass is 438 g/mol. The number of hydrogen-bond donors (Lipinski definition) is 1. The summed E-state index contributed by atoms with van der Waals surface area (Å²) in [6, 6.07) is 6.31. The highest BCUT2D eigenvalue weighted by Crippen LogP contribution is 2.26. The number of halogens is 1. The number of benzene rings is 1. The molecule has 0 bridgehead atoms. The molecule has 1 amide bonds. The zero-order chi connectivity index (χ0) is 20.9. The summed E-state index contributed by atoms with van der Waals surface area (Å²) >= 11 is 0.750. The first-order valence-corrected chi connectivity index (χ1v) is 11.9. The van der Waals surface area contributed by atoms with Crippen molar-refractivity contribution in [3.63, 3.8) is 0 Å². The number of hydrogen-bond acceptors (Lipinski definition) is 6. The van der Waals surface area contributed by atoms with Crippen LogP contribution in [0.25, 0.3) is 5.57 Å². The Kier molecular flexibility index (Phi) is 7.15. The van der Waals surface area contributed by atoms with Crippen molar-refractivity contribution < 1.29 is 22.3 Å². The van der Waals surface area contributed by atoms with Gasteiger partial charge in [0.05, 0.1) is 16.8 Å². The van der Waals surface area contributed by atoms with E-state index in [-0.39, 0.29) is 21.7 Å². The van der Waals surface area contributed by atoms with Crippen LogP contribution in [0.5, 0.6) is 0 Å². The Hall–Kier alpha value is -2.10. The highest BCUT2D eigenvalue weighted by molar-refractivity contribution is 7.91. The van der Waals surface area contributed by atoms with E-state index in [0.29, 0.717) is 30.8 Å². The number of thiazole rings is 1. The maximum atomic E-state index is 13.2. The van der Waals surface area contributed by atoms with Crippen molar-refractivity contribution in [2.24, 2.45) is 5.92 Å². The van der Waals surface area contributed by atoms with Gasteiger partial charge >= 0.3 is 0 Å². The Morgan fingerprint density at radius 1 is 1.31 bits per heavy atom. The first-order valence-electron chi connectivity index (χ1n) is 9.44. The van der Waals surface area contributed by atoms with E-state index in [9.17, 15) is 17.6 Å². The van der Waals surface area contributed by atoms with E-state index in [4.69, 9.17) is 4.74 Å². The fourth-order valence-corrected chi connectivity index (χ4v) is 4.99. The van der Waals surface area contributed by atoms with Gasteiger partial charge in [0, 0.05) is 18.8 Å². The minimum absolute atomic E-state index is 0.0766. The summed E-state index contributed by atoms with van der Waals surface area (Å²) in [4.78, 5) is 17.0. The van der Waals surface area contributed by atoms with Gasteiger partial charge in [-0.25, -0.2) is 13.4 Å². The molecule has 0 unspecified atom stereocenters. The molecule has 0 saturated carbocycles. The number of rotatable bonds is 7. The summed E-state index contributed by atoms with van der Waals surface area (Å²) in [6.07, 6.45) is 5.07. The summed E-state index contributed by atoms with van der Waals surface area (Å²) in [7, 11) is -3.33. The second-order valence-corrected chi connectivity index (χ2v) is 9.89. The van der Waals surface area contributed by atoms with Crippen LogP contribution in [0.4, 0.5) is 9.52 Å². The summed E-state index contributed by atoms with van der Waals surface area (Å²) in [5.41, 5.74) is 1.01. The molecule has 1 aromatic carbocycles. The van der Waals surface area contributed by atoms with Crippen molar-refractivity contribution in [3.05, 3.63) is 47.2 Å². The Bertz CT molecular complexity index is 978. The van der Waals surface area contributed by atoms with Crippen LogP contribution in [0.1, 0.15) is 31.7 Å². The van der Waals surface area contributed by atoms with E-state index in [1.54, 1.807) is 12.1 Å². The molecule has 0 aliphatic carbocycles. The highest BCUT2D eigenvalue weighted by atomic mass is 32.2. The molecule has 6 nitrogen and oxygen atoms in total. The summed E-state index contributed by atoms with van der Waals surface area (Å²) in [5, 5.41) is 2.31. The molecule has 0 atom stereocenters. The molecule has 156 valence electrons. The van der Waals surface area contributed by atoms with Crippen molar-refractivity contribution in [2.75, 3.05) is 24.3 Å². The molecular formula is C20H23FN2O4S2. The number of ether oxygens (including phenoxy) is 1. The molecule has 9 heteroatoms. The van der Waals surface area contributed by atoms with Gasteiger partial charge < -0.3 is 4.74 Å². The highest BCUT2D eigenvalue weighted by Gasteiger charge is 2.20. The minimum Gasteiger partial charge on any atom is -0.381 e. The smallest absolute Gasteiger partial charge is 0.257 e. The van der Waals surface area contributed by atoms with Crippen LogP contribution in [0, 0.1) is 11.0 Å². The lowest BCUT2D eigenvalue weighted by Gasteiger charge is -2.20. The molecule has 2 aromatic rings. The third-order valence-electron chi connectivity index (χ3n) is 4.61. The summed E-state index contributed by atoms with van der Waals surface area (Å²) in [6.45, 7) is 3.07. The van der Waals surface area contributed by atoms with Crippen LogP contribution in [0.3, 0.4) is 0 Å². The SMILES string of the molecule is CCCS(=O)(=O)c1ccc(C(=CC2CCOCC2)C(=O)Nc2ncc(F)s2)cc1.